The van der Waals surface area contributed by atoms with Crippen LogP contribution in [-0.2, 0) is 18.4 Å². The fourth-order valence-electron chi connectivity index (χ4n) is 3.55. The summed E-state index contributed by atoms with van der Waals surface area (Å²) in [5.41, 5.74) is 1.81. The summed E-state index contributed by atoms with van der Waals surface area (Å²) >= 11 is 4.46. The van der Waals surface area contributed by atoms with Gasteiger partial charge in [0.25, 0.3) is 0 Å². The molecule has 2 heterocycles. The van der Waals surface area contributed by atoms with Crippen molar-refractivity contribution in [2.24, 2.45) is 0 Å². The third-order valence-corrected chi connectivity index (χ3v) is 5.25. The molecule has 1 aliphatic rings. The Kier molecular flexibility index (Phi) is 3.92. The molecule has 0 bridgehead atoms. The van der Waals surface area contributed by atoms with Crippen LogP contribution in [0.1, 0.15) is 30.8 Å². The molecular weight excluding hydrogens is 366 g/mol. The molecule has 0 saturated heterocycles. The van der Waals surface area contributed by atoms with E-state index in [1.165, 1.54) is 6.07 Å². The summed E-state index contributed by atoms with van der Waals surface area (Å²) in [6, 6.07) is 3.02. The number of nitrogens with one attached hydrogen (secondary N) is 2. The molecule has 1 aliphatic carbocycles. The number of aromatic amines is 2. The van der Waals surface area contributed by atoms with E-state index in [2.05, 4.69) is 32.8 Å². The molecule has 27 heavy (non-hydrogen) atoms. The van der Waals surface area contributed by atoms with E-state index in [1.54, 1.807) is 6.07 Å². The Labute approximate surface area is 160 Å². The van der Waals surface area contributed by atoms with Crippen molar-refractivity contribution in [2.45, 2.75) is 37.4 Å². The van der Waals surface area contributed by atoms with Gasteiger partial charge >= 0.3 is 5.69 Å². The molecular formula is C18H19N5O3S. The second-order valence-corrected chi connectivity index (χ2v) is 7.25. The Morgan fingerprint density at radius 1 is 1.26 bits per heavy atom. The molecule has 0 unspecified atom stereocenters. The van der Waals surface area contributed by atoms with Crippen molar-refractivity contribution < 1.29 is 10.2 Å². The van der Waals surface area contributed by atoms with Crippen molar-refractivity contribution >= 4 is 18.7 Å². The largest absolute Gasteiger partial charge is 0.508 e. The number of imidazole rings is 1. The number of aromatic hydroxyl groups is 2. The monoisotopic (exact) mass is 385 g/mol. The van der Waals surface area contributed by atoms with Crippen LogP contribution >= 0.6 is 12.6 Å². The molecule has 0 aliphatic heterocycles. The first-order valence-corrected chi connectivity index (χ1v) is 8.97. The van der Waals surface area contributed by atoms with Crippen molar-refractivity contribution in [1.29, 1.82) is 0 Å². The highest BCUT2D eigenvalue weighted by Crippen LogP contribution is 2.39. The molecule has 140 valence electrons. The molecule has 4 N–H and O–H groups in total. The number of thiol groups is 1. The zero-order valence-electron chi connectivity index (χ0n) is 14.8. The Bertz CT molecular complexity index is 1130. The van der Waals surface area contributed by atoms with E-state index in [0.717, 1.165) is 11.4 Å². The predicted molar refractivity (Wildman–Crippen MR) is 103 cm³/mol. The van der Waals surface area contributed by atoms with Gasteiger partial charge in [-0.15, -0.1) is 22.8 Å². The Morgan fingerprint density at radius 2 is 2.04 bits per heavy atom. The van der Waals surface area contributed by atoms with Gasteiger partial charge in [0, 0.05) is 18.2 Å². The molecule has 0 radical (unpaired) electrons. The number of hydrogen-bond acceptors (Lipinski definition) is 6. The van der Waals surface area contributed by atoms with Gasteiger partial charge in [-0.3, -0.25) is 4.57 Å². The minimum absolute atomic E-state index is 0.0363. The lowest BCUT2D eigenvalue weighted by Gasteiger charge is -2.32. The van der Waals surface area contributed by atoms with Crippen molar-refractivity contribution in [3.05, 3.63) is 45.6 Å². The lowest BCUT2D eigenvalue weighted by Crippen LogP contribution is -2.33. The van der Waals surface area contributed by atoms with Crippen molar-refractivity contribution in [3.8, 4) is 22.9 Å². The molecule has 1 aromatic carbocycles. The van der Waals surface area contributed by atoms with Gasteiger partial charge in [-0.05, 0) is 31.1 Å². The summed E-state index contributed by atoms with van der Waals surface area (Å²) in [4.78, 5) is 17.2. The summed E-state index contributed by atoms with van der Waals surface area (Å²) in [7, 11) is 0. The van der Waals surface area contributed by atoms with Crippen LogP contribution in [0.25, 0.3) is 17.5 Å². The molecule has 4 rings (SSSR count). The molecule has 0 amide bonds. The first-order valence-electron chi connectivity index (χ1n) is 8.53. The average Bonchev–Trinajstić information content (AvgIpc) is 3.16. The molecule has 1 atom stereocenters. The number of benzene rings is 1. The predicted octanol–water partition coefficient (Wildman–Crippen LogP) is 2.21. The van der Waals surface area contributed by atoms with Gasteiger partial charge in [-0.2, -0.15) is 0 Å². The van der Waals surface area contributed by atoms with E-state index in [-0.39, 0.29) is 17.2 Å². The summed E-state index contributed by atoms with van der Waals surface area (Å²) in [6.45, 7) is 3.89. The maximum absolute atomic E-state index is 11.6. The standard InChI is InChI=1S/C18H19N5O3S/c1-3-9-6-10(14(25)7-13(9)24)15-21-22-17(27)23(15)18(2)5-4-11-12(8-18)20-16(26)19-11/h4-7,24-25H,3,8H2,1-2H3,(H,22,27)(H2,19,20,26)/t18-/m1/s1. The Balaban J connectivity index is 1.88. The number of aryl methyl sites for hydroxylation is 1. The topological polar surface area (TPSA) is 120 Å². The molecule has 3 aromatic rings. The highest BCUT2D eigenvalue weighted by atomic mass is 32.1. The lowest BCUT2D eigenvalue weighted by atomic mass is 9.89. The first-order chi connectivity index (χ1) is 12.8. The average molecular weight is 385 g/mol. The second kappa shape index (κ2) is 6.05. The Hall–Kier alpha value is -2.94. The SMILES string of the molecule is CCc1cc(-c2nnc(S)n2[C@]2(C)C=Cc3[nH]c(=O)[nH]c3C2)c(O)cc1O. The van der Waals surface area contributed by atoms with Gasteiger partial charge in [0.15, 0.2) is 11.0 Å². The molecule has 0 saturated carbocycles. The first kappa shape index (κ1) is 17.5. The van der Waals surface area contributed by atoms with Crippen molar-refractivity contribution in [1.82, 2.24) is 24.7 Å². The number of aromatic nitrogens is 5. The normalized spacial score (nSPS) is 18.6. The summed E-state index contributed by atoms with van der Waals surface area (Å²) in [5.74, 6) is 0.376. The van der Waals surface area contributed by atoms with Gasteiger partial charge in [0.1, 0.15) is 11.5 Å². The van der Waals surface area contributed by atoms with E-state index in [4.69, 9.17) is 0 Å². The van der Waals surface area contributed by atoms with E-state index in [0.29, 0.717) is 34.9 Å². The molecule has 9 heteroatoms. The maximum atomic E-state index is 11.6. The number of phenols is 2. The van der Waals surface area contributed by atoms with Crippen molar-refractivity contribution in [3.63, 3.8) is 0 Å². The van der Waals surface area contributed by atoms with E-state index in [1.807, 2.05) is 30.6 Å². The minimum atomic E-state index is -0.606. The Morgan fingerprint density at radius 3 is 2.78 bits per heavy atom. The van der Waals surface area contributed by atoms with Crippen LogP contribution in [0.3, 0.4) is 0 Å². The third-order valence-electron chi connectivity index (χ3n) is 4.96. The minimum Gasteiger partial charge on any atom is -0.508 e. The summed E-state index contributed by atoms with van der Waals surface area (Å²) < 4.78 is 1.81. The summed E-state index contributed by atoms with van der Waals surface area (Å²) in [5, 5.41) is 29.1. The van der Waals surface area contributed by atoms with Gasteiger partial charge in [0.05, 0.1) is 16.8 Å². The molecule has 0 fully saturated rings. The van der Waals surface area contributed by atoms with E-state index < -0.39 is 5.54 Å². The van der Waals surface area contributed by atoms with Crippen LogP contribution in [0.15, 0.2) is 28.2 Å². The van der Waals surface area contributed by atoms with Crippen LogP contribution < -0.4 is 5.69 Å². The molecule has 8 nitrogen and oxygen atoms in total. The number of phenolic OH excluding ortho intramolecular Hbond substituents is 2. The highest BCUT2D eigenvalue weighted by Gasteiger charge is 2.34. The quantitative estimate of drug-likeness (QED) is 0.443. The van der Waals surface area contributed by atoms with Gasteiger partial charge in [-0.25, -0.2) is 4.79 Å². The third kappa shape index (κ3) is 2.74. The van der Waals surface area contributed by atoms with Gasteiger partial charge in [-0.1, -0.05) is 13.0 Å². The number of fused-ring (bicyclic) bond motifs is 1. The molecule has 0 spiro atoms. The smallest absolute Gasteiger partial charge is 0.323 e. The summed E-state index contributed by atoms with van der Waals surface area (Å²) in [6.07, 6.45) is 4.88. The van der Waals surface area contributed by atoms with Crippen LogP contribution in [0, 0.1) is 0 Å². The zero-order valence-corrected chi connectivity index (χ0v) is 15.7. The van der Waals surface area contributed by atoms with E-state index >= 15 is 0 Å². The van der Waals surface area contributed by atoms with Crippen LogP contribution in [0.2, 0.25) is 0 Å². The number of nitrogens with zero attached hydrogens (tertiary/aromatic N) is 3. The van der Waals surface area contributed by atoms with Gasteiger partial charge < -0.3 is 20.2 Å². The van der Waals surface area contributed by atoms with Crippen molar-refractivity contribution in [2.75, 3.05) is 0 Å². The maximum Gasteiger partial charge on any atom is 0.323 e. The number of rotatable bonds is 3. The zero-order chi connectivity index (χ0) is 19.3. The molecule has 2 aromatic heterocycles. The number of hydrogen-bond donors (Lipinski definition) is 5. The number of H-pyrrole nitrogens is 2. The second-order valence-electron chi connectivity index (χ2n) is 6.85. The van der Waals surface area contributed by atoms with Crippen LogP contribution in [0.5, 0.6) is 11.5 Å². The highest BCUT2D eigenvalue weighted by molar-refractivity contribution is 7.80. The lowest BCUT2D eigenvalue weighted by molar-refractivity contribution is 0.376. The fourth-order valence-corrected chi connectivity index (χ4v) is 3.92. The van der Waals surface area contributed by atoms with Gasteiger partial charge in [0.2, 0.25) is 0 Å². The number of allylic oxidation sites excluding steroid dienone is 1. The van der Waals surface area contributed by atoms with Crippen LogP contribution in [-0.4, -0.2) is 34.9 Å². The van der Waals surface area contributed by atoms with Crippen LogP contribution in [0.4, 0.5) is 0 Å². The fraction of sp³-hybridized carbons (Fsp3) is 0.278. The van der Waals surface area contributed by atoms with E-state index in [9.17, 15) is 15.0 Å².